The Bertz CT molecular complexity index is 535. The summed E-state index contributed by atoms with van der Waals surface area (Å²) in [5, 5.41) is 0. The summed E-state index contributed by atoms with van der Waals surface area (Å²) in [6.45, 7) is 2.52. The van der Waals surface area contributed by atoms with E-state index in [1.807, 2.05) is 12.1 Å². The summed E-state index contributed by atoms with van der Waals surface area (Å²) in [4.78, 5) is 2.56. The number of rotatable bonds is 6. The second-order valence-corrected chi connectivity index (χ2v) is 7.45. The van der Waals surface area contributed by atoms with Crippen molar-refractivity contribution >= 4 is 10.0 Å². The van der Waals surface area contributed by atoms with E-state index in [-0.39, 0.29) is 6.04 Å². The standard InChI is InChI=1S/C15H25N3O2S/c1-18-11-8-14(9-12-18)17-21(19,20)15-6-4-13(5-7-15)3-2-10-16/h4-7,14,17H,2-3,8-12,16H2,1H3. The molecule has 1 heterocycles. The molecule has 1 aromatic rings. The quantitative estimate of drug-likeness (QED) is 0.820. The minimum Gasteiger partial charge on any atom is -0.330 e. The highest BCUT2D eigenvalue weighted by Crippen LogP contribution is 2.15. The van der Waals surface area contributed by atoms with Gasteiger partial charge < -0.3 is 10.6 Å². The Morgan fingerprint density at radius 3 is 2.43 bits per heavy atom. The van der Waals surface area contributed by atoms with Gasteiger partial charge in [-0.25, -0.2) is 13.1 Å². The minimum atomic E-state index is -3.41. The van der Waals surface area contributed by atoms with E-state index in [1.165, 1.54) is 0 Å². The molecule has 3 N–H and O–H groups in total. The molecule has 0 radical (unpaired) electrons. The van der Waals surface area contributed by atoms with Crippen molar-refractivity contribution in [1.82, 2.24) is 9.62 Å². The molecule has 0 spiro atoms. The van der Waals surface area contributed by atoms with Crippen LogP contribution in [0.25, 0.3) is 0 Å². The Balaban J connectivity index is 1.98. The highest BCUT2D eigenvalue weighted by Gasteiger charge is 2.23. The number of aryl methyl sites for hydroxylation is 1. The summed E-state index contributed by atoms with van der Waals surface area (Å²) in [6, 6.07) is 7.16. The third-order valence-corrected chi connectivity index (χ3v) is 5.48. The Hall–Kier alpha value is -0.950. The normalized spacial score (nSPS) is 18.0. The van der Waals surface area contributed by atoms with Crippen molar-refractivity contribution in [2.24, 2.45) is 5.73 Å². The molecule has 0 saturated carbocycles. The molecule has 21 heavy (non-hydrogen) atoms. The van der Waals surface area contributed by atoms with Gasteiger partial charge in [0.25, 0.3) is 0 Å². The molecule has 118 valence electrons. The van der Waals surface area contributed by atoms with Gasteiger partial charge in [0.15, 0.2) is 0 Å². The molecule has 1 fully saturated rings. The van der Waals surface area contributed by atoms with Gasteiger partial charge in [0, 0.05) is 6.04 Å². The summed E-state index contributed by atoms with van der Waals surface area (Å²) >= 11 is 0. The second-order valence-electron chi connectivity index (χ2n) is 5.74. The van der Waals surface area contributed by atoms with E-state index in [4.69, 9.17) is 5.73 Å². The van der Waals surface area contributed by atoms with E-state index in [2.05, 4.69) is 16.7 Å². The summed E-state index contributed by atoms with van der Waals surface area (Å²) < 4.78 is 27.5. The molecule has 0 aromatic heterocycles. The Labute approximate surface area is 127 Å². The van der Waals surface area contributed by atoms with Crippen LogP contribution in [-0.4, -0.2) is 46.0 Å². The van der Waals surface area contributed by atoms with Crippen molar-refractivity contribution in [3.05, 3.63) is 29.8 Å². The van der Waals surface area contributed by atoms with Crippen LogP contribution in [0.1, 0.15) is 24.8 Å². The van der Waals surface area contributed by atoms with Crippen molar-refractivity contribution in [2.45, 2.75) is 36.6 Å². The molecule has 0 aliphatic carbocycles. The van der Waals surface area contributed by atoms with E-state index in [9.17, 15) is 8.42 Å². The average molecular weight is 311 g/mol. The molecule has 0 bridgehead atoms. The second kappa shape index (κ2) is 7.35. The zero-order valence-corrected chi connectivity index (χ0v) is 13.4. The number of piperidine rings is 1. The highest BCUT2D eigenvalue weighted by molar-refractivity contribution is 7.89. The number of hydrogen-bond acceptors (Lipinski definition) is 4. The fraction of sp³-hybridized carbons (Fsp3) is 0.600. The number of hydrogen-bond donors (Lipinski definition) is 2. The first-order valence-corrected chi connectivity index (χ1v) is 8.99. The number of nitrogens with zero attached hydrogens (tertiary/aromatic N) is 1. The molecule has 1 saturated heterocycles. The van der Waals surface area contributed by atoms with Crippen molar-refractivity contribution < 1.29 is 8.42 Å². The van der Waals surface area contributed by atoms with Gasteiger partial charge in [0.05, 0.1) is 4.90 Å². The molecule has 2 rings (SSSR count). The first kappa shape index (κ1) is 16.4. The van der Waals surface area contributed by atoms with Crippen LogP contribution >= 0.6 is 0 Å². The van der Waals surface area contributed by atoms with Crippen LogP contribution in [0.2, 0.25) is 0 Å². The predicted molar refractivity (Wildman–Crippen MR) is 84.7 cm³/mol. The molecule has 1 aromatic carbocycles. The third-order valence-electron chi connectivity index (χ3n) is 3.94. The number of nitrogens with two attached hydrogens (primary N) is 1. The third kappa shape index (κ3) is 4.78. The molecular weight excluding hydrogens is 286 g/mol. The van der Waals surface area contributed by atoms with Crippen molar-refractivity contribution in [2.75, 3.05) is 26.7 Å². The number of nitrogens with one attached hydrogen (secondary N) is 1. The molecule has 6 heteroatoms. The van der Waals surface area contributed by atoms with Crippen LogP contribution < -0.4 is 10.5 Å². The van der Waals surface area contributed by atoms with Crippen LogP contribution in [0, 0.1) is 0 Å². The fourth-order valence-electron chi connectivity index (χ4n) is 2.56. The van der Waals surface area contributed by atoms with E-state index in [0.717, 1.165) is 44.3 Å². The Morgan fingerprint density at radius 1 is 1.24 bits per heavy atom. The van der Waals surface area contributed by atoms with E-state index >= 15 is 0 Å². The number of benzene rings is 1. The van der Waals surface area contributed by atoms with Gasteiger partial charge in [-0.2, -0.15) is 0 Å². The smallest absolute Gasteiger partial charge is 0.240 e. The lowest BCUT2D eigenvalue weighted by molar-refractivity contribution is 0.248. The SMILES string of the molecule is CN1CCC(NS(=O)(=O)c2ccc(CCCN)cc2)CC1. The summed E-state index contributed by atoms with van der Waals surface area (Å²) in [6.07, 6.45) is 3.54. The van der Waals surface area contributed by atoms with Crippen LogP contribution in [0.15, 0.2) is 29.2 Å². The molecule has 0 atom stereocenters. The van der Waals surface area contributed by atoms with Crippen LogP contribution in [0.4, 0.5) is 0 Å². The van der Waals surface area contributed by atoms with E-state index < -0.39 is 10.0 Å². The topological polar surface area (TPSA) is 75.4 Å². The van der Waals surface area contributed by atoms with Crippen LogP contribution in [0.5, 0.6) is 0 Å². The molecular formula is C15H25N3O2S. The maximum Gasteiger partial charge on any atom is 0.240 e. The van der Waals surface area contributed by atoms with Crippen molar-refractivity contribution in [3.8, 4) is 0 Å². The lowest BCUT2D eigenvalue weighted by Crippen LogP contribution is -2.43. The molecule has 1 aliphatic rings. The first-order chi connectivity index (χ1) is 10.0. The zero-order chi connectivity index (χ0) is 15.3. The minimum absolute atomic E-state index is 0.0446. The summed E-state index contributed by atoms with van der Waals surface area (Å²) in [7, 11) is -1.35. The molecule has 0 amide bonds. The van der Waals surface area contributed by atoms with Gasteiger partial charge >= 0.3 is 0 Å². The van der Waals surface area contributed by atoms with Crippen molar-refractivity contribution in [1.29, 1.82) is 0 Å². The zero-order valence-electron chi connectivity index (χ0n) is 12.6. The molecule has 1 aliphatic heterocycles. The van der Waals surface area contributed by atoms with E-state index in [0.29, 0.717) is 11.4 Å². The predicted octanol–water partition coefficient (Wildman–Crippen LogP) is 0.950. The van der Waals surface area contributed by atoms with Crippen LogP contribution in [0.3, 0.4) is 0 Å². The summed E-state index contributed by atoms with van der Waals surface area (Å²) in [5.41, 5.74) is 6.60. The van der Waals surface area contributed by atoms with Gasteiger partial charge in [-0.15, -0.1) is 0 Å². The maximum absolute atomic E-state index is 12.4. The first-order valence-electron chi connectivity index (χ1n) is 7.51. The number of likely N-dealkylation sites (tertiary alicyclic amines) is 1. The molecule has 0 unspecified atom stereocenters. The molecule has 5 nitrogen and oxygen atoms in total. The number of sulfonamides is 1. The Morgan fingerprint density at radius 2 is 1.86 bits per heavy atom. The van der Waals surface area contributed by atoms with E-state index in [1.54, 1.807) is 12.1 Å². The van der Waals surface area contributed by atoms with Gasteiger partial charge in [-0.05, 0) is 70.1 Å². The van der Waals surface area contributed by atoms with Gasteiger partial charge in [0.1, 0.15) is 0 Å². The van der Waals surface area contributed by atoms with Gasteiger partial charge in [-0.3, -0.25) is 0 Å². The largest absolute Gasteiger partial charge is 0.330 e. The monoisotopic (exact) mass is 311 g/mol. The average Bonchev–Trinajstić information content (AvgIpc) is 2.48. The Kier molecular flexibility index (Phi) is 5.75. The lowest BCUT2D eigenvalue weighted by atomic mass is 10.1. The van der Waals surface area contributed by atoms with Gasteiger partial charge in [-0.1, -0.05) is 12.1 Å². The van der Waals surface area contributed by atoms with Crippen LogP contribution in [-0.2, 0) is 16.4 Å². The fourth-order valence-corrected chi connectivity index (χ4v) is 3.86. The summed E-state index contributed by atoms with van der Waals surface area (Å²) in [5.74, 6) is 0. The lowest BCUT2D eigenvalue weighted by Gasteiger charge is -2.29. The maximum atomic E-state index is 12.4. The van der Waals surface area contributed by atoms with Crippen molar-refractivity contribution in [3.63, 3.8) is 0 Å². The highest BCUT2D eigenvalue weighted by atomic mass is 32.2. The van der Waals surface area contributed by atoms with Gasteiger partial charge in [0.2, 0.25) is 10.0 Å².